The Kier molecular flexibility index (Phi) is 5.48. The predicted molar refractivity (Wildman–Crippen MR) is 111 cm³/mol. The lowest BCUT2D eigenvalue weighted by atomic mass is 10.2. The van der Waals surface area contributed by atoms with Gasteiger partial charge in [0.2, 0.25) is 5.88 Å². The van der Waals surface area contributed by atoms with E-state index in [1.54, 1.807) is 30.3 Å². The van der Waals surface area contributed by atoms with Crippen molar-refractivity contribution in [2.24, 2.45) is 5.73 Å². The highest BCUT2D eigenvalue weighted by atomic mass is 16.5. The van der Waals surface area contributed by atoms with Gasteiger partial charge in [-0.05, 0) is 36.4 Å². The van der Waals surface area contributed by atoms with Crippen LogP contribution in [0.1, 0.15) is 16.2 Å². The van der Waals surface area contributed by atoms with E-state index in [2.05, 4.69) is 9.97 Å². The van der Waals surface area contributed by atoms with Gasteiger partial charge >= 0.3 is 6.09 Å². The second-order valence-electron chi connectivity index (χ2n) is 6.66. The molecule has 0 spiro atoms. The summed E-state index contributed by atoms with van der Waals surface area (Å²) in [6.07, 6.45) is 1.96. The molecule has 0 bridgehead atoms. The Morgan fingerprint density at radius 1 is 0.968 bits per heavy atom. The first-order chi connectivity index (χ1) is 15.0. The third-order valence-corrected chi connectivity index (χ3v) is 4.51. The third-order valence-electron chi connectivity index (χ3n) is 4.51. The van der Waals surface area contributed by atoms with E-state index in [0.29, 0.717) is 22.8 Å². The second kappa shape index (κ2) is 8.54. The molecule has 1 aliphatic rings. The van der Waals surface area contributed by atoms with Gasteiger partial charge in [-0.25, -0.2) is 9.78 Å². The number of amides is 2. The van der Waals surface area contributed by atoms with Crippen LogP contribution in [0.25, 0.3) is 5.57 Å². The molecular formula is C22H18N4O5. The smallest absolute Gasteiger partial charge is 0.407 e. The summed E-state index contributed by atoms with van der Waals surface area (Å²) in [4.78, 5) is 32.6. The SMILES string of the molecule is NC(=O)c1cnc(C2=CCN(C(=O)O)C2)nc1Oc1ccc(Oc2ccccc2)cc1. The summed E-state index contributed by atoms with van der Waals surface area (Å²) in [5.74, 6) is 1.25. The van der Waals surface area contributed by atoms with Crippen molar-refractivity contribution in [2.45, 2.75) is 0 Å². The number of primary amides is 1. The lowest BCUT2D eigenvalue weighted by Gasteiger charge is -2.12. The molecule has 156 valence electrons. The first-order valence-electron chi connectivity index (χ1n) is 9.34. The van der Waals surface area contributed by atoms with Gasteiger partial charge in [0.05, 0.1) is 6.54 Å². The highest BCUT2D eigenvalue weighted by Gasteiger charge is 2.23. The van der Waals surface area contributed by atoms with Gasteiger partial charge in [-0.2, -0.15) is 4.98 Å². The molecule has 2 aromatic carbocycles. The molecule has 1 aliphatic heterocycles. The van der Waals surface area contributed by atoms with Crippen LogP contribution in [-0.2, 0) is 0 Å². The van der Waals surface area contributed by atoms with Gasteiger partial charge in [-0.15, -0.1) is 0 Å². The van der Waals surface area contributed by atoms with Gasteiger partial charge in [0.1, 0.15) is 22.8 Å². The van der Waals surface area contributed by atoms with Crippen LogP contribution in [0.3, 0.4) is 0 Å². The molecule has 0 aliphatic carbocycles. The van der Waals surface area contributed by atoms with Crippen LogP contribution in [0.2, 0.25) is 0 Å². The normalized spacial score (nSPS) is 12.9. The molecular weight excluding hydrogens is 400 g/mol. The largest absolute Gasteiger partial charge is 0.465 e. The minimum atomic E-state index is -1.03. The average Bonchev–Trinajstić information content (AvgIpc) is 3.26. The summed E-state index contributed by atoms with van der Waals surface area (Å²) in [5.41, 5.74) is 6.06. The summed E-state index contributed by atoms with van der Waals surface area (Å²) in [7, 11) is 0. The number of rotatable bonds is 6. The maximum atomic E-state index is 11.8. The molecule has 0 saturated carbocycles. The summed E-state index contributed by atoms with van der Waals surface area (Å²) in [5, 5.41) is 9.12. The minimum absolute atomic E-state index is 0.0103. The quantitative estimate of drug-likeness (QED) is 0.626. The molecule has 9 nitrogen and oxygen atoms in total. The number of carbonyl (C=O) groups excluding carboxylic acids is 1. The Labute approximate surface area is 177 Å². The van der Waals surface area contributed by atoms with Gasteiger partial charge in [-0.1, -0.05) is 24.3 Å². The van der Waals surface area contributed by atoms with Crippen molar-refractivity contribution in [3.63, 3.8) is 0 Å². The topological polar surface area (TPSA) is 128 Å². The molecule has 0 unspecified atom stereocenters. The number of nitrogens with zero attached hydrogens (tertiary/aromatic N) is 3. The lowest BCUT2D eigenvalue weighted by Crippen LogP contribution is -2.26. The number of hydrogen-bond donors (Lipinski definition) is 2. The van der Waals surface area contributed by atoms with Gasteiger partial charge in [0.25, 0.3) is 5.91 Å². The van der Waals surface area contributed by atoms with Crippen LogP contribution in [0.5, 0.6) is 23.1 Å². The van der Waals surface area contributed by atoms with E-state index in [9.17, 15) is 9.59 Å². The molecule has 0 fully saturated rings. The van der Waals surface area contributed by atoms with Crippen LogP contribution in [0, 0.1) is 0 Å². The highest BCUT2D eigenvalue weighted by Crippen LogP contribution is 2.28. The van der Waals surface area contributed by atoms with Gasteiger partial charge in [0.15, 0.2) is 5.82 Å². The van der Waals surface area contributed by atoms with Crippen molar-refractivity contribution in [1.82, 2.24) is 14.9 Å². The fraction of sp³-hybridized carbons (Fsp3) is 0.0909. The summed E-state index contributed by atoms with van der Waals surface area (Å²) < 4.78 is 11.5. The monoisotopic (exact) mass is 418 g/mol. The van der Waals surface area contributed by atoms with Crippen molar-refractivity contribution in [3.8, 4) is 23.1 Å². The molecule has 2 heterocycles. The molecule has 1 aromatic heterocycles. The molecule has 3 aromatic rings. The maximum Gasteiger partial charge on any atom is 0.407 e. The first kappa shape index (κ1) is 19.9. The minimum Gasteiger partial charge on any atom is -0.465 e. The number of carboxylic acid groups (broad SMARTS) is 1. The van der Waals surface area contributed by atoms with Crippen molar-refractivity contribution in [3.05, 3.63) is 78.3 Å². The standard InChI is InChI=1S/C22H18N4O5/c23-19(27)18-12-24-20(14-10-11-26(13-14)22(28)29)25-21(18)31-17-8-6-16(7-9-17)30-15-4-2-1-3-5-15/h1-10,12H,11,13H2,(H2,23,27)(H,28,29). The lowest BCUT2D eigenvalue weighted by molar-refractivity contribution is 0.0997. The fourth-order valence-electron chi connectivity index (χ4n) is 2.94. The molecule has 0 radical (unpaired) electrons. The summed E-state index contributed by atoms with van der Waals surface area (Å²) in [6, 6.07) is 16.1. The van der Waals surface area contributed by atoms with E-state index >= 15 is 0 Å². The first-order valence-corrected chi connectivity index (χ1v) is 9.34. The number of aromatic nitrogens is 2. The van der Waals surface area contributed by atoms with Crippen molar-refractivity contribution in [1.29, 1.82) is 0 Å². The van der Waals surface area contributed by atoms with Crippen LogP contribution in [0.4, 0.5) is 4.79 Å². The van der Waals surface area contributed by atoms with E-state index in [0.717, 1.165) is 0 Å². The molecule has 3 N–H and O–H groups in total. The molecule has 0 saturated heterocycles. The zero-order valence-electron chi connectivity index (χ0n) is 16.3. The molecule has 4 rings (SSSR count). The van der Waals surface area contributed by atoms with Crippen LogP contribution < -0.4 is 15.2 Å². The fourth-order valence-corrected chi connectivity index (χ4v) is 2.94. The van der Waals surface area contributed by atoms with Gasteiger partial charge in [-0.3, -0.25) is 4.79 Å². The van der Waals surface area contributed by atoms with Gasteiger partial charge < -0.3 is 25.2 Å². The maximum absolute atomic E-state index is 11.8. The van der Waals surface area contributed by atoms with E-state index in [1.165, 1.54) is 11.1 Å². The van der Waals surface area contributed by atoms with Crippen LogP contribution in [0.15, 0.2) is 66.9 Å². The average molecular weight is 418 g/mol. The zero-order valence-corrected chi connectivity index (χ0v) is 16.3. The van der Waals surface area contributed by atoms with Crippen LogP contribution >= 0.6 is 0 Å². The van der Waals surface area contributed by atoms with Crippen molar-refractivity contribution < 1.29 is 24.2 Å². The number of nitrogens with two attached hydrogens (primary N) is 1. The Morgan fingerprint density at radius 2 is 1.61 bits per heavy atom. The molecule has 31 heavy (non-hydrogen) atoms. The Balaban J connectivity index is 1.54. The summed E-state index contributed by atoms with van der Waals surface area (Å²) in [6.45, 7) is 0.390. The van der Waals surface area contributed by atoms with E-state index < -0.39 is 12.0 Å². The van der Waals surface area contributed by atoms with E-state index in [-0.39, 0.29) is 30.4 Å². The number of hydrogen-bond acceptors (Lipinski definition) is 6. The number of carbonyl (C=O) groups is 2. The summed E-state index contributed by atoms with van der Waals surface area (Å²) >= 11 is 0. The molecule has 0 atom stereocenters. The third kappa shape index (κ3) is 4.61. The molecule has 9 heteroatoms. The number of benzene rings is 2. The van der Waals surface area contributed by atoms with E-state index in [4.69, 9.17) is 20.3 Å². The van der Waals surface area contributed by atoms with Gasteiger partial charge in [0, 0.05) is 18.3 Å². The Morgan fingerprint density at radius 3 is 2.23 bits per heavy atom. The second-order valence-corrected chi connectivity index (χ2v) is 6.66. The molecule has 2 amide bonds. The number of ether oxygens (including phenoxy) is 2. The Hall–Kier alpha value is -4.40. The Bertz CT molecular complexity index is 1150. The predicted octanol–water partition coefficient (Wildman–Crippen LogP) is 3.54. The van der Waals surface area contributed by atoms with Crippen LogP contribution in [-0.4, -0.2) is 45.1 Å². The van der Waals surface area contributed by atoms with E-state index in [1.807, 2.05) is 30.3 Å². The number of para-hydroxylation sites is 1. The highest BCUT2D eigenvalue weighted by molar-refractivity contribution is 5.95. The van der Waals surface area contributed by atoms with Crippen molar-refractivity contribution in [2.75, 3.05) is 13.1 Å². The van der Waals surface area contributed by atoms with Crippen molar-refractivity contribution >= 4 is 17.6 Å². The zero-order chi connectivity index (χ0) is 21.8.